The number of ether oxygens (including phenoxy) is 2. The van der Waals surface area contributed by atoms with E-state index in [2.05, 4.69) is 34.8 Å². The second kappa shape index (κ2) is 15.3. The Morgan fingerprint density at radius 1 is 1.08 bits per heavy atom. The second-order valence-corrected chi connectivity index (χ2v) is 7.23. The molecule has 3 N–H and O–H groups in total. The Balaban J connectivity index is 0. The van der Waals surface area contributed by atoms with Crippen LogP contribution in [0.5, 0.6) is 0 Å². The monoisotopic (exact) mass is 486 g/mol. The van der Waals surface area contributed by atoms with Crippen LogP contribution < -0.4 is 16.0 Å². The molecule has 0 saturated heterocycles. The van der Waals surface area contributed by atoms with Gasteiger partial charge in [-0.05, 0) is 46.5 Å². The van der Waals surface area contributed by atoms with Crippen LogP contribution in [0, 0.1) is 5.92 Å². The van der Waals surface area contributed by atoms with Gasteiger partial charge in [-0.3, -0.25) is 4.99 Å². The zero-order chi connectivity index (χ0) is 19.3. The molecule has 0 aromatic heterocycles. The van der Waals surface area contributed by atoms with Crippen LogP contribution in [0.15, 0.2) is 4.99 Å². The Labute approximate surface area is 176 Å². The van der Waals surface area contributed by atoms with Gasteiger partial charge in [0.2, 0.25) is 0 Å². The van der Waals surface area contributed by atoms with Crippen LogP contribution in [-0.4, -0.2) is 57.0 Å². The van der Waals surface area contributed by atoms with Crippen molar-refractivity contribution in [1.29, 1.82) is 0 Å². The van der Waals surface area contributed by atoms with Gasteiger partial charge in [0.05, 0.1) is 6.10 Å². The second-order valence-electron chi connectivity index (χ2n) is 7.23. The number of nitrogens with zero attached hydrogens (tertiary/aromatic N) is 1. The summed E-state index contributed by atoms with van der Waals surface area (Å²) in [6.45, 7) is 14.7. The summed E-state index contributed by atoms with van der Waals surface area (Å²) in [5.41, 5.74) is -0.469. The lowest BCUT2D eigenvalue weighted by molar-refractivity contribution is 0.0258. The number of hydrogen-bond donors (Lipinski definition) is 3. The van der Waals surface area contributed by atoms with E-state index >= 15 is 0 Å². The van der Waals surface area contributed by atoms with Gasteiger partial charge in [0.15, 0.2) is 5.96 Å². The van der Waals surface area contributed by atoms with Crippen LogP contribution in [0.2, 0.25) is 0 Å². The molecular weight excluding hydrogens is 447 g/mol. The van der Waals surface area contributed by atoms with E-state index in [1.165, 1.54) is 0 Å². The van der Waals surface area contributed by atoms with Crippen molar-refractivity contribution >= 4 is 36.0 Å². The summed E-state index contributed by atoms with van der Waals surface area (Å²) in [5, 5.41) is 9.26. The average molecular weight is 486 g/mol. The minimum absolute atomic E-state index is 0. The molecule has 0 rings (SSSR count). The van der Waals surface area contributed by atoms with E-state index < -0.39 is 5.60 Å². The molecule has 156 valence electrons. The molecule has 26 heavy (non-hydrogen) atoms. The maximum absolute atomic E-state index is 11.5. The Morgan fingerprint density at radius 3 is 2.15 bits per heavy atom. The van der Waals surface area contributed by atoms with E-state index in [1.54, 1.807) is 7.05 Å². The molecule has 0 aliphatic rings. The van der Waals surface area contributed by atoms with E-state index in [0.717, 1.165) is 32.0 Å². The first-order valence-electron chi connectivity index (χ1n) is 9.22. The molecule has 1 amide bonds. The van der Waals surface area contributed by atoms with Gasteiger partial charge in [0.1, 0.15) is 5.60 Å². The minimum Gasteiger partial charge on any atom is -0.444 e. The topological polar surface area (TPSA) is 84.0 Å². The lowest BCUT2D eigenvalue weighted by Crippen LogP contribution is -2.40. The van der Waals surface area contributed by atoms with E-state index in [9.17, 15) is 4.79 Å². The third-order valence-electron chi connectivity index (χ3n) is 3.38. The molecule has 7 nitrogen and oxygen atoms in total. The number of carbonyl (C=O) groups excluding carboxylic acids is 1. The molecule has 0 bridgehead atoms. The van der Waals surface area contributed by atoms with Crippen molar-refractivity contribution in [2.75, 3.05) is 33.3 Å². The van der Waals surface area contributed by atoms with Crippen LogP contribution in [-0.2, 0) is 9.47 Å². The highest BCUT2D eigenvalue weighted by atomic mass is 127. The number of halogens is 1. The van der Waals surface area contributed by atoms with Crippen molar-refractivity contribution in [3.8, 4) is 0 Å². The quantitative estimate of drug-likeness (QED) is 0.191. The highest BCUT2D eigenvalue weighted by Crippen LogP contribution is 2.09. The lowest BCUT2D eigenvalue weighted by Gasteiger charge is -2.21. The van der Waals surface area contributed by atoms with Crippen LogP contribution >= 0.6 is 24.0 Å². The van der Waals surface area contributed by atoms with E-state index in [0.29, 0.717) is 19.0 Å². The highest BCUT2D eigenvalue weighted by Gasteiger charge is 2.15. The van der Waals surface area contributed by atoms with Crippen molar-refractivity contribution in [3.63, 3.8) is 0 Å². The van der Waals surface area contributed by atoms with Gasteiger partial charge in [0, 0.05) is 33.3 Å². The largest absolute Gasteiger partial charge is 0.444 e. The van der Waals surface area contributed by atoms with Gasteiger partial charge in [-0.15, -0.1) is 24.0 Å². The van der Waals surface area contributed by atoms with Gasteiger partial charge >= 0.3 is 6.09 Å². The maximum atomic E-state index is 11.5. The number of rotatable bonds is 10. The first kappa shape index (κ1) is 27.4. The summed E-state index contributed by atoms with van der Waals surface area (Å²) >= 11 is 0. The molecule has 0 radical (unpaired) electrons. The van der Waals surface area contributed by atoms with Gasteiger partial charge in [-0.2, -0.15) is 0 Å². The molecule has 0 heterocycles. The number of amides is 1. The molecule has 1 atom stereocenters. The summed E-state index contributed by atoms with van der Waals surface area (Å²) in [6.07, 6.45) is 1.60. The lowest BCUT2D eigenvalue weighted by atomic mass is 10.0. The third-order valence-corrected chi connectivity index (χ3v) is 3.38. The predicted molar refractivity (Wildman–Crippen MR) is 119 cm³/mol. The zero-order valence-corrected chi connectivity index (χ0v) is 19.8. The fourth-order valence-corrected chi connectivity index (χ4v) is 2.18. The van der Waals surface area contributed by atoms with Gasteiger partial charge < -0.3 is 25.4 Å². The highest BCUT2D eigenvalue weighted by molar-refractivity contribution is 14.0. The van der Waals surface area contributed by atoms with Crippen LogP contribution in [0.4, 0.5) is 4.79 Å². The molecule has 0 spiro atoms. The van der Waals surface area contributed by atoms with Crippen molar-refractivity contribution in [2.45, 2.75) is 66.1 Å². The summed E-state index contributed by atoms with van der Waals surface area (Å²) in [6, 6.07) is 0. The molecule has 0 aromatic rings. The van der Waals surface area contributed by atoms with E-state index in [4.69, 9.17) is 9.47 Å². The predicted octanol–water partition coefficient (Wildman–Crippen LogP) is 3.14. The molecule has 8 heteroatoms. The standard InChI is InChI=1S/C18H38N4O3.HI/c1-8-24-15(14(2)3)10-13-21-16(19-7)20-11-9-12-22-17(23)25-18(4,5)6;/h14-15H,8-13H2,1-7H3,(H,22,23)(H2,19,20,21);1H. The SMILES string of the molecule is CCOC(CCNC(=NC)NCCCNC(=O)OC(C)(C)C)C(C)C.I. The third kappa shape index (κ3) is 15.5. The summed E-state index contributed by atoms with van der Waals surface area (Å²) < 4.78 is 10.9. The Morgan fingerprint density at radius 2 is 1.65 bits per heavy atom. The van der Waals surface area contributed by atoms with Crippen LogP contribution in [0.1, 0.15) is 54.4 Å². The van der Waals surface area contributed by atoms with Crippen molar-refractivity contribution in [2.24, 2.45) is 10.9 Å². The molecule has 0 aliphatic heterocycles. The normalized spacial score (nSPS) is 13.0. The summed E-state index contributed by atoms with van der Waals surface area (Å²) in [4.78, 5) is 15.7. The maximum Gasteiger partial charge on any atom is 0.407 e. The molecular formula is C18H39IN4O3. The Kier molecular flexibility index (Phi) is 16.2. The van der Waals surface area contributed by atoms with Gasteiger partial charge in [-0.25, -0.2) is 4.79 Å². The first-order valence-corrected chi connectivity index (χ1v) is 9.22. The first-order chi connectivity index (χ1) is 11.7. The zero-order valence-electron chi connectivity index (χ0n) is 17.5. The minimum atomic E-state index is -0.469. The molecule has 0 aromatic carbocycles. The number of aliphatic imine (C=N–C) groups is 1. The van der Waals surface area contributed by atoms with Crippen LogP contribution in [0.25, 0.3) is 0 Å². The number of guanidine groups is 1. The van der Waals surface area contributed by atoms with E-state index in [-0.39, 0.29) is 36.2 Å². The number of alkyl carbamates (subject to hydrolysis) is 1. The average Bonchev–Trinajstić information content (AvgIpc) is 2.49. The number of hydrogen-bond acceptors (Lipinski definition) is 4. The molecule has 0 saturated carbocycles. The van der Waals surface area contributed by atoms with Gasteiger partial charge in [-0.1, -0.05) is 13.8 Å². The summed E-state index contributed by atoms with van der Waals surface area (Å²) in [7, 11) is 1.75. The van der Waals surface area contributed by atoms with Crippen molar-refractivity contribution < 1.29 is 14.3 Å². The molecule has 1 unspecified atom stereocenters. The number of carbonyl (C=O) groups is 1. The summed E-state index contributed by atoms with van der Waals surface area (Å²) in [5.74, 6) is 1.26. The molecule has 0 fully saturated rings. The fourth-order valence-electron chi connectivity index (χ4n) is 2.18. The number of nitrogens with one attached hydrogen (secondary N) is 3. The van der Waals surface area contributed by atoms with Crippen molar-refractivity contribution in [3.05, 3.63) is 0 Å². The Bertz CT molecular complexity index is 398. The smallest absolute Gasteiger partial charge is 0.407 e. The fraction of sp³-hybridized carbons (Fsp3) is 0.889. The van der Waals surface area contributed by atoms with Crippen molar-refractivity contribution in [1.82, 2.24) is 16.0 Å². The van der Waals surface area contributed by atoms with E-state index in [1.807, 2.05) is 27.7 Å². The van der Waals surface area contributed by atoms with Gasteiger partial charge in [0.25, 0.3) is 0 Å². The van der Waals surface area contributed by atoms with Crippen LogP contribution in [0.3, 0.4) is 0 Å². The Hall–Kier alpha value is -0.770. The molecule has 0 aliphatic carbocycles.